The topological polar surface area (TPSA) is 26.3 Å². The molecule has 3 rings (SSSR count). The summed E-state index contributed by atoms with van der Waals surface area (Å²) in [6, 6.07) is 16.6. The number of rotatable bonds is 5. The van der Waals surface area contributed by atoms with Gasteiger partial charge in [-0.2, -0.15) is 0 Å². The van der Waals surface area contributed by atoms with E-state index < -0.39 is 11.7 Å². The molecule has 0 saturated carbocycles. The second-order valence-electron chi connectivity index (χ2n) is 8.62. The number of halogens is 1. The van der Waals surface area contributed by atoms with Crippen LogP contribution in [0.5, 0.6) is 0 Å². The minimum absolute atomic E-state index is 0.00392. The molecule has 0 aromatic heterocycles. The third-order valence-corrected chi connectivity index (χ3v) is 5.35. The van der Waals surface area contributed by atoms with Crippen molar-refractivity contribution in [3.63, 3.8) is 0 Å². The summed E-state index contributed by atoms with van der Waals surface area (Å²) < 4.78 is 6.28. The number of benzene rings is 3. The third kappa shape index (κ3) is 4.71. The van der Waals surface area contributed by atoms with E-state index in [0.29, 0.717) is 5.02 Å². The smallest absolute Gasteiger partial charge is 0.163 e. The van der Waals surface area contributed by atoms with Crippen LogP contribution in [0.4, 0.5) is 0 Å². The zero-order valence-corrected chi connectivity index (χ0v) is 18.9. The number of carbonyl (C=O) groups excluding carboxylic acids is 1. The second-order valence-corrected chi connectivity index (χ2v) is 9.06. The minimum Gasteiger partial charge on any atom is -0.360 e. The lowest BCUT2D eigenvalue weighted by Gasteiger charge is -2.29. The Morgan fingerprint density at radius 1 is 1.07 bits per heavy atom. The first kappa shape index (κ1) is 21.5. The van der Waals surface area contributed by atoms with E-state index in [0.717, 1.165) is 39.4 Å². The van der Waals surface area contributed by atoms with Gasteiger partial charge in [0.25, 0.3) is 0 Å². The molecule has 0 heterocycles. The zero-order valence-electron chi connectivity index (χ0n) is 18.1. The summed E-state index contributed by atoms with van der Waals surface area (Å²) in [5.74, 6) is 0.00392. The molecule has 0 amide bonds. The van der Waals surface area contributed by atoms with Crippen LogP contribution in [-0.2, 0) is 16.0 Å². The van der Waals surface area contributed by atoms with E-state index in [1.54, 1.807) is 6.92 Å². The van der Waals surface area contributed by atoms with Crippen LogP contribution in [0.2, 0.25) is 5.02 Å². The Hall–Kier alpha value is -2.16. The quantitative estimate of drug-likeness (QED) is 0.437. The lowest BCUT2D eigenvalue weighted by Crippen LogP contribution is -2.27. The van der Waals surface area contributed by atoms with Crippen molar-refractivity contribution in [1.29, 1.82) is 0 Å². The molecule has 152 valence electrons. The predicted octanol–water partition coefficient (Wildman–Crippen LogP) is 7.48. The van der Waals surface area contributed by atoms with Crippen LogP contribution in [0.15, 0.2) is 48.5 Å². The fourth-order valence-corrected chi connectivity index (χ4v) is 3.91. The molecule has 0 radical (unpaired) electrons. The predicted molar refractivity (Wildman–Crippen MR) is 123 cm³/mol. The maximum absolute atomic E-state index is 12.7. The number of ketones is 1. The summed E-state index contributed by atoms with van der Waals surface area (Å²) in [6.07, 6.45) is 0.323. The molecule has 0 N–H and O–H groups in total. The molecule has 0 bridgehead atoms. The monoisotopic (exact) mass is 408 g/mol. The molecule has 0 aliphatic carbocycles. The van der Waals surface area contributed by atoms with E-state index in [-0.39, 0.29) is 5.78 Å². The van der Waals surface area contributed by atoms with Gasteiger partial charge in [0, 0.05) is 5.02 Å². The maximum atomic E-state index is 12.7. The van der Waals surface area contributed by atoms with E-state index in [4.69, 9.17) is 16.3 Å². The normalized spacial score (nSPS) is 12.9. The Bertz CT molecular complexity index is 1040. The molecule has 0 saturated heterocycles. The lowest BCUT2D eigenvalue weighted by atomic mass is 9.85. The summed E-state index contributed by atoms with van der Waals surface area (Å²) in [7, 11) is 0. The summed E-state index contributed by atoms with van der Waals surface area (Å²) in [5.41, 5.74) is 4.90. The van der Waals surface area contributed by atoms with Gasteiger partial charge in [0.2, 0.25) is 0 Å². The molecule has 3 aromatic carbocycles. The Morgan fingerprint density at radius 2 is 1.72 bits per heavy atom. The molecule has 2 nitrogen and oxygen atoms in total. The van der Waals surface area contributed by atoms with Crippen LogP contribution in [-0.4, -0.2) is 11.4 Å². The molecule has 29 heavy (non-hydrogen) atoms. The van der Waals surface area contributed by atoms with E-state index in [2.05, 4.69) is 38.1 Å². The van der Waals surface area contributed by atoms with Crippen molar-refractivity contribution in [3.8, 4) is 11.1 Å². The summed E-state index contributed by atoms with van der Waals surface area (Å²) in [5, 5.41) is 2.98. The number of hydrogen-bond acceptors (Lipinski definition) is 2. The van der Waals surface area contributed by atoms with Gasteiger partial charge in [0.15, 0.2) is 5.78 Å². The van der Waals surface area contributed by atoms with Gasteiger partial charge in [0.1, 0.15) is 6.10 Å². The van der Waals surface area contributed by atoms with Crippen molar-refractivity contribution in [2.45, 2.75) is 59.7 Å². The minimum atomic E-state index is -0.629. The largest absolute Gasteiger partial charge is 0.360 e. The van der Waals surface area contributed by atoms with E-state index in [1.807, 2.05) is 45.0 Å². The van der Waals surface area contributed by atoms with Crippen molar-refractivity contribution in [1.82, 2.24) is 0 Å². The number of carbonyl (C=O) groups is 1. The van der Waals surface area contributed by atoms with Crippen LogP contribution in [0, 0.1) is 6.92 Å². The number of aryl methyl sites for hydroxylation is 2. The van der Waals surface area contributed by atoms with E-state index in [9.17, 15) is 4.79 Å². The first-order valence-electron chi connectivity index (χ1n) is 10.1. The van der Waals surface area contributed by atoms with Gasteiger partial charge in [-0.25, -0.2) is 0 Å². The van der Waals surface area contributed by atoms with E-state index >= 15 is 0 Å². The molecule has 0 fully saturated rings. The molecule has 1 unspecified atom stereocenters. The Balaban J connectivity index is 2.41. The maximum Gasteiger partial charge on any atom is 0.163 e. The second kappa shape index (κ2) is 8.30. The number of hydrogen-bond donors (Lipinski definition) is 0. The van der Waals surface area contributed by atoms with Gasteiger partial charge in [-0.3, -0.25) is 4.79 Å². The van der Waals surface area contributed by atoms with Crippen LogP contribution in [0.3, 0.4) is 0 Å². The molecule has 0 aliphatic heterocycles. The molecule has 3 aromatic rings. The molecule has 0 aliphatic rings. The number of fused-ring (bicyclic) bond motifs is 1. The SMILES string of the molecule is CCc1ccc2cc(C)c(C(OC(C)(C)C)C(C)=O)c(-c3ccc(Cl)cc3)c2c1. The van der Waals surface area contributed by atoms with Crippen LogP contribution in [0.25, 0.3) is 21.9 Å². The average Bonchev–Trinajstić information content (AvgIpc) is 2.65. The zero-order chi connectivity index (χ0) is 21.3. The van der Waals surface area contributed by atoms with Gasteiger partial charge < -0.3 is 4.74 Å². The van der Waals surface area contributed by atoms with Gasteiger partial charge >= 0.3 is 0 Å². The third-order valence-electron chi connectivity index (χ3n) is 5.10. The Kier molecular flexibility index (Phi) is 6.16. The average molecular weight is 409 g/mol. The standard InChI is InChI=1S/C26H29ClO2/c1-7-18-8-9-20-14-16(2)23(25(17(3)28)29-26(4,5)6)24(22(20)15-18)19-10-12-21(27)13-11-19/h8-15,25H,7H2,1-6H3. The van der Waals surface area contributed by atoms with Gasteiger partial charge in [0.05, 0.1) is 5.60 Å². The van der Waals surface area contributed by atoms with E-state index in [1.165, 1.54) is 5.56 Å². The van der Waals surface area contributed by atoms with Crippen molar-refractivity contribution in [3.05, 3.63) is 70.2 Å². The summed E-state index contributed by atoms with van der Waals surface area (Å²) >= 11 is 6.16. The first-order valence-corrected chi connectivity index (χ1v) is 10.5. The number of ether oxygens (including phenoxy) is 1. The fourth-order valence-electron chi connectivity index (χ4n) is 3.78. The highest BCUT2D eigenvalue weighted by molar-refractivity contribution is 6.30. The highest BCUT2D eigenvalue weighted by Gasteiger charge is 2.29. The fraction of sp³-hybridized carbons (Fsp3) is 0.346. The highest BCUT2D eigenvalue weighted by atomic mass is 35.5. The Labute approximate surface area is 178 Å². The van der Waals surface area contributed by atoms with Gasteiger partial charge in [-0.15, -0.1) is 0 Å². The van der Waals surface area contributed by atoms with Gasteiger partial charge in [-0.1, -0.05) is 54.9 Å². The molecular formula is C26H29ClO2. The Morgan fingerprint density at radius 3 is 2.28 bits per heavy atom. The summed E-state index contributed by atoms with van der Waals surface area (Å²) in [4.78, 5) is 12.7. The molecular weight excluding hydrogens is 380 g/mol. The van der Waals surface area contributed by atoms with Crippen molar-refractivity contribution >= 4 is 28.2 Å². The lowest BCUT2D eigenvalue weighted by molar-refractivity contribution is -0.138. The first-order chi connectivity index (χ1) is 13.6. The van der Waals surface area contributed by atoms with Crippen LogP contribution in [0.1, 0.15) is 57.4 Å². The van der Waals surface area contributed by atoms with Crippen LogP contribution < -0.4 is 0 Å². The van der Waals surface area contributed by atoms with Crippen molar-refractivity contribution < 1.29 is 9.53 Å². The summed E-state index contributed by atoms with van der Waals surface area (Å²) in [6.45, 7) is 11.8. The highest BCUT2D eigenvalue weighted by Crippen LogP contribution is 2.41. The van der Waals surface area contributed by atoms with Gasteiger partial charge in [-0.05, 0) is 91.8 Å². The van der Waals surface area contributed by atoms with Crippen molar-refractivity contribution in [2.24, 2.45) is 0 Å². The van der Waals surface area contributed by atoms with Crippen molar-refractivity contribution in [2.75, 3.05) is 0 Å². The molecule has 3 heteroatoms. The molecule has 0 spiro atoms. The van der Waals surface area contributed by atoms with Crippen LogP contribution >= 0.6 is 11.6 Å². The molecule has 1 atom stereocenters. The number of Topliss-reactive ketones (excluding diaryl/α,β-unsaturated/α-hetero) is 1.